The fourth-order valence-electron chi connectivity index (χ4n) is 1.57. The monoisotopic (exact) mass is 157 g/mol. The van der Waals surface area contributed by atoms with Crippen LogP contribution in [0, 0.1) is 11.8 Å². The third-order valence-corrected chi connectivity index (χ3v) is 2.62. The van der Waals surface area contributed by atoms with E-state index in [0.717, 1.165) is 19.8 Å². The lowest BCUT2D eigenvalue weighted by Crippen LogP contribution is -2.23. The molecule has 0 radical (unpaired) electrons. The maximum absolute atomic E-state index is 5.60. The van der Waals surface area contributed by atoms with E-state index in [0.29, 0.717) is 11.8 Å². The van der Waals surface area contributed by atoms with Gasteiger partial charge in [0.05, 0.1) is 0 Å². The fourth-order valence-corrected chi connectivity index (χ4v) is 1.57. The standard InChI is InChI=1S/C9H19NO/c1-8(6-10)9-4-2-3-5-11-7-9/h8-9H,2-7,10H2,1H3. The Hall–Kier alpha value is -0.0800. The van der Waals surface area contributed by atoms with Gasteiger partial charge in [0.15, 0.2) is 0 Å². The van der Waals surface area contributed by atoms with Crippen molar-refractivity contribution >= 4 is 0 Å². The lowest BCUT2D eigenvalue weighted by Gasteiger charge is -2.19. The average Bonchev–Trinajstić information content (AvgIpc) is 2.30. The van der Waals surface area contributed by atoms with E-state index in [-0.39, 0.29) is 0 Å². The molecular formula is C9H19NO. The van der Waals surface area contributed by atoms with E-state index in [1.54, 1.807) is 0 Å². The molecule has 0 bridgehead atoms. The maximum atomic E-state index is 5.60. The Morgan fingerprint density at radius 2 is 2.36 bits per heavy atom. The van der Waals surface area contributed by atoms with Crippen molar-refractivity contribution in [2.45, 2.75) is 26.2 Å². The van der Waals surface area contributed by atoms with Crippen molar-refractivity contribution in [3.8, 4) is 0 Å². The molecule has 1 heterocycles. The van der Waals surface area contributed by atoms with E-state index >= 15 is 0 Å². The topological polar surface area (TPSA) is 35.2 Å². The molecule has 2 unspecified atom stereocenters. The van der Waals surface area contributed by atoms with Gasteiger partial charge in [-0.15, -0.1) is 0 Å². The minimum atomic E-state index is 0.632. The Morgan fingerprint density at radius 3 is 3.09 bits per heavy atom. The molecule has 2 N–H and O–H groups in total. The summed E-state index contributed by atoms with van der Waals surface area (Å²) >= 11 is 0. The predicted octanol–water partition coefficient (Wildman–Crippen LogP) is 1.40. The second kappa shape index (κ2) is 4.73. The average molecular weight is 157 g/mol. The van der Waals surface area contributed by atoms with E-state index in [1.165, 1.54) is 19.3 Å². The molecule has 2 atom stereocenters. The second-order valence-corrected chi connectivity index (χ2v) is 3.54. The van der Waals surface area contributed by atoms with Crippen LogP contribution in [-0.2, 0) is 4.74 Å². The Bertz CT molecular complexity index is 97.7. The van der Waals surface area contributed by atoms with Crippen LogP contribution in [0.3, 0.4) is 0 Å². The minimum absolute atomic E-state index is 0.632. The molecule has 2 nitrogen and oxygen atoms in total. The van der Waals surface area contributed by atoms with Gasteiger partial charge >= 0.3 is 0 Å². The summed E-state index contributed by atoms with van der Waals surface area (Å²) in [6.45, 7) is 4.90. The fraction of sp³-hybridized carbons (Fsp3) is 1.00. The number of ether oxygens (including phenoxy) is 1. The molecule has 0 aromatic heterocycles. The van der Waals surface area contributed by atoms with Crippen molar-refractivity contribution in [3.63, 3.8) is 0 Å². The first-order valence-corrected chi connectivity index (χ1v) is 4.62. The van der Waals surface area contributed by atoms with Crippen LogP contribution in [0.25, 0.3) is 0 Å². The first kappa shape index (κ1) is 9.01. The molecule has 0 amide bonds. The molecule has 1 saturated heterocycles. The largest absolute Gasteiger partial charge is 0.381 e. The van der Waals surface area contributed by atoms with Crippen molar-refractivity contribution < 1.29 is 4.74 Å². The van der Waals surface area contributed by atoms with Gasteiger partial charge in [-0.25, -0.2) is 0 Å². The van der Waals surface area contributed by atoms with E-state index in [2.05, 4.69) is 6.92 Å². The van der Waals surface area contributed by atoms with Crippen LogP contribution in [0.1, 0.15) is 26.2 Å². The molecule has 0 aromatic rings. The zero-order valence-electron chi connectivity index (χ0n) is 7.38. The molecule has 0 saturated carbocycles. The summed E-state index contributed by atoms with van der Waals surface area (Å²) in [4.78, 5) is 0. The first-order valence-electron chi connectivity index (χ1n) is 4.62. The van der Waals surface area contributed by atoms with Crippen LogP contribution in [-0.4, -0.2) is 19.8 Å². The molecule has 1 rings (SSSR count). The van der Waals surface area contributed by atoms with Crippen LogP contribution < -0.4 is 5.73 Å². The smallest absolute Gasteiger partial charge is 0.0497 e. The third kappa shape index (κ3) is 2.80. The Labute approximate surface area is 69.1 Å². The summed E-state index contributed by atoms with van der Waals surface area (Å²) in [6.07, 6.45) is 3.85. The van der Waals surface area contributed by atoms with E-state index in [9.17, 15) is 0 Å². The highest BCUT2D eigenvalue weighted by atomic mass is 16.5. The predicted molar refractivity (Wildman–Crippen MR) is 46.4 cm³/mol. The molecule has 0 aliphatic carbocycles. The Morgan fingerprint density at radius 1 is 1.55 bits per heavy atom. The van der Waals surface area contributed by atoms with Gasteiger partial charge in [-0.1, -0.05) is 13.3 Å². The first-order chi connectivity index (χ1) is 5.34. The molecule has 1 aliphatic heterocycles. The molecular weight excluding hydrogens is 138 g/mol. The zero-order chi connectivity index (χ0) is 8.10. The molecule has 1 fully saturated rings. The summed E-state index contributed by atoms with van der Waals surface area (Å²) < 4.78 is 5.47. The Balaban J connectivity index is 2.30. The van der Waals surface area contributed by atoms with Crippen LogP contribution in [0.15, 0.2) is 0 Å². The summed E-state index contributed by atoms with van der Waals surface area (Å²) in [6, 6.07) is 0. The molecule has 0 aromatic carbocycles. The quantitative estimate of drug-likeness (QED) is 0.657. The van der Waals surface area contributed by atoms with Crippen LogP contribution in [0.4, 0.5) is 0 Å². The molecule has 11 heavy (non-hydrogen) atoms. The number of rotatable bonds is 2. The van der Waals surface area contributed by atoms with Crippen LogP contribution in [0.2, 0.25) is 0 Å². The number of nitrogens with two attached hydrogens (primary N) is 1. The van der Waals surface area contributed by atoms with Crippen molar-refractivity contribution in [2.75, 3.05) is 19.8 Å². The second-order valence-electron chi connectivity index (χ2n) is 3.54. The van der Waals surface area contributed by atoms with Crippen molar-refractivity contribution in [1.82, 2.24) is 0 Å². The maximum Gasteiger partial charge on any atom is 0.0497 e. The van der Waals surface area contributed by atoms with Gasteiger partial charge in [-0.2, -0.15) is 0 Å². The number of hydrogen-bond acceptors (Lipinski definition) is 2. The Kier molecular flexibility index (Phi) is 3.87. The highest BCUT2D eigenvalue weighted by Crippen LogP contribution is 2.20. The van der Waals surface area contributed by atoms with Crippen LogP contribution in [0.5, 0.6) is 0 Å². The summed E-state index contributed by atoms with van der Waals surface area (Å²) in [5.41, 5.74) is 5.60. The van der Waals surface area contributed by atoms with Gasteiger partial charge in [-0.05, 0) is 31.2 Å². The van der Waals surface area contributed by atoms with Crippen molar-refractivity contribution in [3.05, 3.63) is 0 Å². The van der Waals surface area contributed by atoms with Gasteiger partial charge in [0.25, 0.3) is 0 Å². The van der Waals surface area contributed by atoms with Gasteiger partial charge in [0, 0.05) is 13.2 Å². The van der Waals surface area contributed by atoms with Gasteiger partial charge in [0.1, 0.15) is 0 Å². The minimum Gasteiger partial charge on any atom is -0.381 e. The van der Waals surface area contributed by atoms with Gasteiger partial charge in [0.2, 0.25) is 0 Å². The van der Waals surface area contributed by atoms with E-state index in [4.69, 9.17) is 10.5 Å². The highest BCUT2D eigenvalue weighted by molar-refractivity contribution is 4.68. The van der Waals surface area contributed by atoms with E-state index < -0.39 is 0 Å². The summed E-state index contributed by atoms with van der Waals surface area (Å²) in [7, 11) is 0. The SMILES string of the molecule is CC(CN)C1CCCCOC1. The van der Waals surface area contributed by atoms with Crippen molar-refractivity contribution in [1.29, 1.82) is 0 Å². The lowest BCUT2D eigenvalue weighted by molar-refractivity contribution is 0.0980. The van der Waals surface area contributed by atoms with Crippen LogP contribution >= 0.6 is 0 Å². The number of hydrogen-bond donors (Lipinski definition) is 1. The third-order valence-electron chi connectivity index (χ3n) is 2.62. The summed E-state index contributed by atoms with van der Waals surface area (Å²) in [5.74, 6) is 1.34. The lowest BCUT2D eigenvalue weighted by atomic mass is 9.91. The van der Waals surface area contributed by atoms with E-state index in [1.807, 2.05) is 0 Å². The van der Waals surface area contributed by atoms with Crippen molar-refractivity contribution in [2.24, 2.45) is 17.6 Å². The molecule has 66 valence electrons. The molecule has 0 spiro atoms. The highest BCUT2D eigenvalue weighted by Gasteiger charge is 2.17. The molecule has 1 aliphatic rings. The van der Waals surface area contributed by atoms with Gasteiger partial charge in [-0.3, -0.25) is 0 Å². The van der Waals surface area contributed by atoms with Gasteiger partial charge < -0.3 is 10.5 Å². The summed E-state index contributed by atoms with van der Waals surface area (Å²) in [5, 5.41) is 0. The normalized spacial score (nSPS) is 29.5. The molecule has 2 heteroatoms. The zero-order valence-corrected chi connectivity index (χ0v) is 7.38.